The topological polar surface area (TPSA) is 75.9 Å². The van der Waals surface area contributed by atoms with Crippen molar-refractivity contribution < 1.29 is 9.53 Å². The van der Waals surface area contributed by atoms with Crippen LogP contribution in [0, 0.1) is 6.92 Å². The Balaban J connectivity index is 1.91. The predicted molar refractivity (Wildman–Crippen MR) is 140 cm³/mol. The monoisotopic (exact) mass is 488 g/mol. The predicted octanol–water partition coefficient (Wildman–Crippen LogP) is 4.62. The van der Waals surface area contributed by atoms with Crippen molar-refractivity contribution in [3.63, 3.8) is 0 Å². The molecule has 0 unspecified atom stereocenters. The maximum atomic E-state index is 13.4. The molecule has 2 aromatic rings. The standard InChI is InChI=1S/C24H32N4O3S2/c1-4-6-7-8-13-27-23(30)19(33-24(27)32)15-18-21(25-12-9-14-31-5-2)26-20-11-10-17(3)16-28(20)22(18)29/h10-11,15-16,25H,4-9,12-14H2,1-3H3/b19-15+. The zero-order chi connectivity index (χ0) is 23.8. The number of nitrogens with one attached hydrogen (secondary N) is 1. The molecule has 1 aliphatic rings. The highest BCUT2D eigenvalue weighted by Crippen LogP contribution is 2.33. The van der Waals surface area contributed by atoms with E-state index >= 15 is 0 Å². The van der Waals surface area contributed by atoms with E-state index in [9.17, 15) is 9.59 Å². The molecule has 0 aromatic carbocycles. The minimum Gasteiger partial charge on any atom is -0.382 e. The zero-order valence-electron chi connectivity index (χ0n) is 19.6. The molecule has 178 valence electrons. The number of carbonyl (C=O) groups is 1. The van der Waals surface area contributed by atoms with Crippen molar-refractivity contribution in [1.82, 2.24) is 14.3 Å². The number of unbranched alkanes of at least 4 members (excludes halogenated alkanes) is 3. The largest absolute Gasteiger partial charge is 0.382 e. The Morgan fingerprint density at radius 1 is 1.18 bits per heavy atom. The Hall–Kier alpha value is -2.23. The second-order valence-electron chi connectivity index (χ2n) is 7.99. The number of hydrogen-bond donors (Lipinski definition) is 1. The first-order valence-electron chi connectivity index (χ1n) is 11.6. The summed E-state index contributed by atoms with van der Waals surface area (Å²) in [6, 6.07) is 3.74. The summed E-state index contributed by atoms with van der Waals surface area (Å²) in [4.78, 5) is 33.2. The number of thiocarbonyl (C=S) groups is 1. The van der Waals surface area contributed by atoms with E-state index in [1.54, 1.807) is 17.2 Å². The van der Waals surface area contributed by atoms with Crippen molar-refractivity contribution >= 4 is 51.7 Å². The Kier molecular flexibility index (Phi) is 9.46. The molecule has 0 radical (unpaired) electrons. The molecule has 0 aliphatic carbocycles. The first-order chi connectivity index (χ1) is 16.0. The van der Waals surface area contributed by atoms with Crippen LogP contribution < -0.4 is 10.9 Å². The highest BCUT2D eigenvalue weighted by molar-refractivity contribution is 8.26. The first kappa shape index (κ1) is 25.4. The summed E-state index contributed by atoms with van der Waals surface area (Å²) in [5.41, 5.74) is 1.65. The van der Waals surface area contributed by atoms with Crippen LogP contribution in [0.2, 0.25) is 0 Å². The SMILES string of the molecule is CCCCCCN1C(=O)/C(=C\c2c(NCCCOCC)nc3ccc(C)cn3c2=O)SC1=S. The van der Waals surface area contributed by atoms with Crippen LogP contribution in [0.15, 0.2) is 28.0 Å². The first-order valence-corrected chi connectivity index (χ1v) is 12.8. The Bertz CT molecular complexity index is 1100. The van der Waals surface area contributed by atoms with Crippen LogP contribution in [0.25, 0.3) is 11.7 Å². The molecule has 7 nitrogen and oxygen atoms in total. The molecule has 0 saturated carbocycles. The molecule has 1 N–H and O–H groups in total. The number of hydrogen-bond acceptors (Lipinski definition) is 7. The Morgan fingerprint density at radius 2 is 2.00 bits per heavy atom. The molecule has 3 rings (SSSR count). The highest BCUT2D eigenvalue weighted by Gasteiger charge is 2.32. The number of nitrogens with zero attached hydrogens (tertiary/aromatic N) is 3. The van der Waals surface area contributed by atoms with Crippen LogP contribution >= 0.6 is 24.0 Å². The number of ether oxygens (including phenoxy) is 1. The zero-order valence-corrected chi connectivity index (χ0v) is 21.2. The van der Waals surface area contributed by atoms with E-state index in [4.69, 9.17) is 17.0 Å². The van der Waals surface area contributed by atoms with E-state index in [2.05, 4.69) is 17.2 Å². The van der Waals surface area contributed by atoms with Crippen LogP contribution in [0.5, 0.6) is 0 Å². The van der Waals surface area contributed by atoms with Crippen molar-refractivity contribution in [2.24, 2.45) is 0 Å². The van der Waals surface area contributed by atoms with Gasteiger partial charge in [0.25, 0.3) is 11.5 Å². The molecule has 3 heterocycles. The molecule has 0 bridgehead atoms. The number of carbonyl (C=O) groups excluding carboxylic acids is 1. The van der Waals surface area contributed by atoms with Crippen molar-refractivity contribution in [3.8, 4) is 0 Å². The molecule has 0 atom stereocenters. The molecule has 1 aliphatic heterocycles. The molecule has 1 amide bonds. The van der Waals surface area contributed by atoms with Gasteiger partial charge in [0.1, 0.15) is 15.8 Å². The fraction of sp³-hybridized carbons (Fsp3) is 0.500. The van der Waals surface area contributed by atoms with E-state index in [0.29, 0.717) is 52.6 Å². The van der Waals surface area contributed by atoms with E-state index in [1.165, 1.54) is 16.2 Å². The quantitative estimate of drug-likeness (QED) is 0.265. The van der Waals surface area contributed by atoms with Gasteiger partial charge in [0.15, 0.2) is 0 Å². The smallest absolute Gasteiger partial charge is 0.267 e. The Morgan fingerprint density at radius 3 is 2.76 bits per heavy atom. The number of thioether (sulfide) groups is 1. The lowest BCUT2D eigenvalue weighted by molar-refractivity contribution is -0.122. The normalized spacial score (nSPS) is 15.2. The molecule has 0 spiro atoms. The Labute approximate surface area is 204 Å². The third-order valence-electron chi connectivity index (χ3n) is 5.35. The fourth-order valence-corrected chi connectivity index (χ4v) is 4.86. The second kappa shape index (κ2) is 12.3. The average Bonchev–Trinajstić information content (AvgIpc) is 3.06. The van der Waals surface area contributed by atoms with Gasteiger partial charge in [-0.05, 0) is 44.4 Å². The number of aryl methyl sites for hydroxylation is 1. The van der Waals surface area contributed by atoms with Crippen LogP contribution in [-0.2, 0) is 9.53 Å². The van der Waals surface area contributed by atoms with E-state index in [1.807, 2.05) is 26.0 Å². The lowest BCUT2D eigenvalue weighted by Gasteiger charge is -2.14. The molecule has 1 fully saturated rings. The van der Waals surface area contributed by atoms with Gasteiger partial charge < -0.3 is 10.1 Å². The minimum absolute atomic E-state index is 0.141. The highest BCUT2D eigenvalue weighted by atomic mass is 32.2. The van der Waals surface area contributed by atoms with Crippen molar-refractivity contribution in [1.29, 1.82) is 0 Å². The van der Waals surface area contributed by atoms with Gasteiger partial charge in [0.2, 0.25) is 0 Å². The summed E-state index contributed by atoms with van der Waals surface area (Å²) < 4.78 is 7.46. The second-order valence-corrected chi connectivity index (χ2v) is 9.66. The summed E-state index contributed by atoms with van der Waals surface area (Å²) in [6.45, 7) is 8.55. The van der Waals surface area contributed by atoms with Gasteiger partial charge in [0.05, 0.1) is 10.5 Å². The van der Waals surface area contributed by atoms with Gasteiger partial charge in [-0.15, -0.1) is 0 Å². The van der Waals surface area contributed by atoms with Crippen LogP contribution in [0.4, 0.5) is 5.82 Å². The number of aromatic nitrogens is 2. The minimum atomic E-state index is -0.218. The lowest BCUT2D eigenvalue weighted by atomic mass is 10.2. The van der Waals surface area contributed by atoms with E-state index in [-0.39, 0.29) is 11.5 Å². The maximum absolute atomic E-state index is 13.4. The van der Waals surface area contributed by atoms with Gasteiger partial charge in [-0.1, -0.05) is 56.2 Å². The average molecular weight is 489 g/mol. The van der Waals surface area contributed by atoms with E-state index in [0.717, 1.165) is 37.7 Å². The van der Waals surface area contributed by atoms with Gasteiger partial charge in [-0.25, -0.2) is 4.98 Å². The molecule has 9 heteroatoms. The third kappa shape index (κ3) is 6.43. The molecule has 1 saturated heterocycles. The van der Waals surface area contributed by atoms with Crippen molar-refractivity contribution in [2.45, 2.75) is 52.9 Å². The summed E-state index contributed by atoms with van der Waals surface area (Å²) in [6.07, 6.45) is 8.44. The number of amides is 1. The van der Waals surface area contributed by atoms with Gasteiger partial charge in [-0.2, -0.15) is 0 Å². The van der Waals surface area contributed by atoms with Crippen molar-refractivity contribution in [2.75, 3.05) is 31.6 Å². The molecule has 33 heavy (non-hydrogen) atoms. The number of fused-ring (bicyclic) bond motifs is 1. The van der Waals surface area contributed by atoms with Crippen LogP contribution in [0.1, 0.15) is 57.1 Å². The molecular formula is C24H32N4O3S2. The number of rotatable bonds is 12. The molecule has 2 aromatic heterocycles. The lowest BCUT2D eigenvalue weighted by Crippen LogP contribution is -2.29. The van der Waals surface area contributed by atoms with Gasteiger partial charge >= 0.3 is 0 Å². The summed E-state index contributed by atoms with van der Waals surface area (Å²) in [7, 11) is 0. The molecular weight excluding hydrogens is 456 g/mol. The summed E-state index contributed by atoms with van der Waals surface area (Å²) in [5.74, 6) is 0.325. The fourth-order valence-electron chi connectivity index (χ4n) is 3.57. The van der Waals surface area contributed by atoms with E-state index < -0.39 is 0 Å². The van der Waals surface area contributed by atoms with Gasteiger partial charge in [0, 0.05) is 32.5 Å². The summed E-state index contributed by atoms with van der Waals surface area (Å²) in [5, 5.41) is 3.26. The third-order valence-corrected chi connectivity index (χ3v) is 6.73. The maximum Gasteiger partial charge on any atom is 0.267 e. The number of anilines is 1. The van der Waals surface area contributed by atoms with Crippen LogP contribution in [0.3, 0.4) is 0 Å². The van der Waals surface area contributed by atoms with Crippen molar-refractivity contribution in [3.05, 3.63) is 44.7 Å². The van der Waals surface area contributed by atoms with Gasteiger partial charge in [-0.3, -0.25) is 18.9 Å². The summed E-state index contributed by atoms with van der Waals surface area (Å²) >= 11 is 6.70. The van der Waals surface area contributed by atoms with Crippen LogP contribution in [-0.4, -0.2) is 50.8 Å². The number of pyridine rings is 1.